The Morgan fingerprint density at radius 2 is 1.86 bits per heavy atom. The van der Waals surface area contributed by atoms with E-state index in [1.807, 2.05) is 43.5 Å². The number of pyridine rings is 1. The Balaban J connectivity index is 2.19. The van der Waals surface area contributed by atoms with Crippen molar-refractivity contribution in [3.8, 4) is 17.2 Å². The van der Waals surface area contributed by atoms with E-state index < -0.39 is 0 Å². The first kappa shape index (κ1) is 15.3. The van der Waals surface area contributed by atoms with Gasteiger partial charge >= 0.3 is 0 Å². The van der Waals surface area contributed by atoms with E-state index in [4.69, 9.17) is 9.47 Å². The quantitative estimate of drug-likeness (QED) is 0.841. The first-order valence-electron chi connectivity index (χ1n) is 7.26. The average Bonchev–Trinajstić information content (AvgIpc) is 2.48. The van der Waals surface area contributed by atoms with Crippen LogP contribution in [0.15, 0.2) is 42.7 Å². The third-order valence-electron chi connectivity index (χ3n) is 2.93. The van der Waals surface area contributed by atoms with Crippen LogP contribution in [-0.2, 0) is 6.54 Å². The molecule has 0 atom stereocenters. The lowest BCUT2D eigenvalue weighted by molar-refractivity contribution is 0.320. The smallest absolute Gasteiger partial charge is 0.169 e. The van der Waals surface area contributed by atoms with Gasteiger partial charge in [-0.3, -0.25) is 4.98 Å². The highest BCUT2D eigenvalue weighted by atomic mass is 16.5. The fourth-order valence-electron chi connectivity index (χ4n) is 1.89. The molecule has 1 heterocycles. The summed E-state index contributed by atoms with van der Waals surface area (Å²) in [7, 11) is 0. The van der Waals surface area contributed by atoms with E-state index in [0.717, 1.165) is 29.4 Å². The molecule has 0 bridgehead atoms. The number of nitrogens with zero attached hydrogens (tertiary/aromatic N) is 1. The zero-order chi connectivity index (χ0) is 15.1. The van der Waals surface area contributed by atoms with Crippen LogP contribution in [0.4, 0.5) is 0 Å². The molecular formula is C17H22N2O2. The Morgan fingerprint density at radius 3 is 2.57 bits per heavy atom. The Morgan fingerprint density at radius 1 is 1.10 bits per heavy atom. The first-order chi connectivity index (χ1) is 10.2. The van der Waals surface area contributed by atoms with E-state index >= 15 is 0 Å². The molecule has 4 nitrogen and oxygen atoms in total. The Bertz CT molecular complexity index is 570. The molecular weight excluding hydrogens is 264 g/mol. The van der Waals surface area contributed by atoms with E-state index in [0.29, 0.717) is 12.6 Å². The topological polar surface area (TPSA) is 43.4 Å². The summed E-state index contributed by atoms with van der Waals surface area (Å²) >= 11 is 0. The summed E-state index contributed by atoms with van der Waals surface area (Å²) < 4.78 is 11.6. The van der Waals surface area contributed by atoms with Gasteiger partial charge in [0.25, 0.3) is 0 Å². The molecule has 0 unspecified atom stereocenters. The summed E-state index contributed by atoms with van der Waals surface area (Å²) in [5.74, 6) is 2.27. The number of aromatic nitrogens is 1. The summed E-state index contributed by atoms with van der Waals surface area (Å²) in [4.78, 5) is 4.17. The molecule has 0 fully saturated rings. The van der Waals surface area contributed by atoms with E-state index in [2.05, 4.69) is 24.1 Å². The largest absolute Gasteiger partial charge is 0.490 e. The number of nitrogens with one attached hydrogen (secondary N) is 1. The lowest BCUT2D eigenvalue weighted by Gasteiger charge is -2.15. The van der Waals surface area contributed by atoms with Crippen LogP contribution >= 0.6 is 0 Å². The molecule has 0 aliphatic heterocycles. The predicted molar refractivity (Wildman–Crippen MR) is 83.9 cm³/mol. The highest BCUT2D eigenvalue weighted by molar-refractivity contribution is 5.44. The van der Waals surface area contributed by atoms with Gasteiger partial charge in [-0.1, -0.05) is 26.0 Å². The van der Waals surface area contributed by atoms with Gasteiger partial charge in [0.15, 0.2) is 11.5 Å². The van der Waals surface area contributed by atoms with Gasteiger partial charge in [0.2, 0.25) is 0 Å². The van der Waals surface area contributed by atoms with Crippen LogP contribution in [0, 0.1) is 0 Å². The number of benzene rings is 1. The minimum absolute atomic E-state index is 0.411. The van der Waals surface area contributed by atoms with Crippen LogP contribution in [0.25, 0.3) is 0 Å². The lowest BCUT2D eigenvalue weighted by Crippen LogP contribution is -2.22. The number of hydrogen-bond acceptors (Lipinski definition) is 4. The van der Waals surface area contributed by atoms with Crippen molar-refractivity contribution in [1.29, 1.82) is 0 Å². The third kappa shape index (κ3) is 4.46. The Hall–Kier alpha value is -2.07. The number of ether oxygens (including phenoxy) is 2. The van der Waals surface area contributed by atoms with E-state index in [1.54, 1.807) is 6.20 Å². The predicted octanol–water partition coefficient (Wildman–Crippen LogP) is 3.77. The zero-order valence-corrected chi connectivity index (χ0v) is 12.8. The molecule has 2 rings (SSSR count). The third-order valence-corrected chi connectivity index (χ3v) is 2.93. The Labute approximate surface area is 126 Å². The summed E-state index contributed by atoms with van der Waals surface area (Å²) in [6.45, 7) is 7.51. The normalized spacial score (nSPS) is 10.7. The lowest BCUT2D eigenvalue weighted by atomic mass is 10.2. The molecule has 0 spiro atoms. The van der Waals surface area contributed by atoms with Gasteiger partial charge in [0.1, 0.15) is 5.75 Å². The van der Waals surface area contributed by atoms with Crippen molar-refractivity contribution < 1.29 is 9.47 Å². The van der Waals surface area contributed by atoms with Crippen LogP contribution in [0.3, 0.4) is 0 Å². The van der Waals surface area contributed by atoms with Gasteiger partial charge in [-0.25, -0.2) is 0 Å². The Kier molecular flexibility index (Phi) is 5.58. The molecule has 4 heteroatoms. The van der Waals surface area contributed by atoms with Gasteiger partial charge < -0.3 is 14.8 Å². The van der Waals surface area contributed by atoms with Gasteiger partial charge in [-0.05, 0) is 25.1 Å². The molecule has 0 aliphatic rings. The highest BCUT2D eigenvalue weighted by Crippen LogP contribution is 2.32. The maximum absolute atomic E-state index is 6.02. The van der Waals surface area contributed by atoms with E-state index in [1.165, 1.54) is 0 Å². The fourth-order valence-corrected chi connectivity index (χ4v) is 1.89. The average molecular weight is 286 g/mol. The van der Waals surface area contributed by atoms with Gasteiger partial charge in [-0.15, -0.1) is 0 Å². The molecule has 0 saturated heterocycles. The molecule has 112 valence electrons. The summed E-state index contributed by atoms with van der Waals surface area (Å²) in [6.07, 6.45) is 3.56. The molecule has 1 aromatic carbocycles. The highest BCUT2D eigenvalue weighted by Gasteiger charge is 2.09. The number of rotatable bonds is 7. The molecule has 0 aliphatic carbocycles. The molecule has 0 saturated carbocycles. The molecule has 1 N–H and O–H groups in total. The summed E-state index contributed by atoms with van der Waals surface area (Å²) in [6, 6.07) is 9.97. The van der Waals surface area contributed by atoms with Crippen molar-refractivity contribution in [1.82, 2.24) is 10.3 Å². The minimum Gasteiger partial charge on any atom is -0.490 e. The second kappa shape index (κ2) is 7.64. The maximum atomic E-state index is 6.02. The van der Waals surface area contributed by atoms with Crippen LogP contribution in [0.5, 0.6) is 17.2 Å². The van der Waals surface area contributed by atoms with Gasteiger partial charge in [0, 0.05) is 30.5 Å². The van der Waals surface area contributed by atoms with Crippen molar-refractivity contribution in [3.63, 3.8) is 0 Å². The first-order valence-corrected chi connectivity index (χ1v) is 7.26. The van der Waals surface area contributed by atoms with Crippen molar-refractivity contribution >= 4 is 0 Å². The van der Waals surface area contributed by atoms with Gasteiger partial charge in [-0.2, -0.15) is 0 Å². The molecule has 21 heavy (non-hydrogen) atoms. The fraction of sp³-hybridized carbons (Fsp3) is 0.353. The monoisotopic (exact) mass is 286 g/mol. The zero-order valence-electron chi connectivity index (χ0n) is 12.8. The van der Waals surface area contributed by atoms with Crippen LogP contribution in [0.2, 0.25) is 0 Å². The van der Waals surface area contributed by atoms with Crippen LogP contribution in [0.1, 0.15) is 26.3 Å². The number of hydrogen-bond donors (Lipinski definition) is 1. The van der Waals surface area contributed by atoms with E-state index in [-0.39, 0.29) is 0 Å². The van der Waals surface area contributed by atoms with Crippen LogP contribution < -0.4 is 14.8 Å². The van der Waals surface area contributed by atoms with Crippen molar-refractivity contribution in [3.05, 3.63) is 48.3 Å². The van der Waals surface area contributed by atoms with Crippen molar-refractivity contribution in [2.75, 3.05) is 6.61 Å². The maximum Gasteiger partial charge on any atom is 0.169 e. The number of para-hydroxylation sites is 2. The summed E-state index contributed by atoms with van der Waals surface area (Å²) in [5.41, 5.74) is 1.03. The van der Waals surface area contributed by atoms with Gasteiger partial charge in [0.05, 0.1) is 6.61 Å². The van der Waals surface area contributed by atoms with Crippen molar-refractivity contribution in [2.24, 2.45) is 0 Å². The summed E-state index contributed by atoms with van der Waals surface area (Å²) in [5, 5.41) is 3.38. The molecule has 0 radical (unpaired) electrons. The minimum atomic E-state index is 0.411. The standard InChI is InChI=1S/C17H22N2O2/c1-4-20-16-7-5-6-8-17(16)21-15-9-10-18-11-14(15)12-19-13(2)3/h5-11,13,19H,4,12H2,1-3H3. The molecule has 2 aromatic rings. The van der Waals surface area contributed by atoms with E-state index in [9.17, 15) is 0 Å². The van der Waals surface area contributed by atoms with Crippen molar-refractivity contribution in [2.45, 2.75) is 33.4 Å². The second-order valence-corrected chi connectivity index (χ2v) is 5.00. The van der Waals surface area contributed by atoms with Crippen LogP contribution in [-0.4, -0.2) is 17.6 Å². The molecule has 1 aromatic heterocycles. The second-order valence-electron chi connectivity index (χ2n) is 5.00. The molecule has 0 amide bonds. The SMILES string of the molecule is CCOc1ccccc1Oc1ccncc1CNC(C)C.